The third kappa shape index (κ3) is 3.93. The Morgan fingerprint density at radius 3 is 2.31 bits per heavy atom. The summed E-state index contributed by atoms with van der Waals surface area (Å²) in [6, 6.07) is 0.661. The molecule has 0 spiro atoms. The fraction of sp³-hybridized carbons (Fsp3) is 0.917. The Balaban J connectivity index is 2.27. The van der Waals surface area contributed by atoms with Crippen LogP contribution in [0.1, 0.15) is 58.8 Å². The monoisotopic (exact) mass is 181 g/mol. The fourth-order valence-corrected chi connectivity index (χ4v) is 1.97. The topological polar surface area (TPSA) is 12.4 Å². The van der Waals surface area contributed by atoms with Crippen LogP contribution in [0.4, 0.5) is 0 Å². The lowest BCUT2D eigenvalue weighted by molar-refractivity contribution is 0.442. The molecule has 0 N–H and O–H groups in total. The molecule has 1 saturated carbocycles. The van der Waals surface area contributed by atoms with Gasteiger partial charge in [-0.05, 0) is 31.6 Å². The molecule has 1 aliphatic carbocycles. The second-order valence-electron chi connectivity index (χ2n) is 4.17. The SMILES string of the molecule is CCC(C=NC1CCCCC1)CC. The van der Waals surface area contributed by atoms with Crippen molar-refractivity contribution in [3.05, 3.63) is 0 Å². The smallest absolute Gasteiger partial charge is 0.0495 e. The van der Waals surface area contributed by atoms with E-state index < -0.39 is 0 Å². The van der Waals surface area contributed by atoms with Crippen molar-refractivity contribution in [1.82, 2.24) is 0 Å². The van der Waals surface area contributed by atoms with Crippen LogP contribution in [0.5, 0.6) is 0 Å². The van der Waals surface area contributed by atoms with Crippen molar-refractivity contribution in [3.8, 4) is 0 Å². The van der Waals surface area contributed by atoms with E-state index in [1.165, 1.54) is 44.9 Å². The Labute approximate surface area is 82.6 Å². The molecule has 0 unspecified atom stereocenters. The van der Waals surface area contributed by atoms with Crippen LogP contribution in [0.3, 0.4) is 0 Å². The molecule has 1 heteroatoms. The van der Waals surface area contributed by atoms with E-state index in [1.807, 2.05) is 0 Å². The lowest BCUT2D eigenvalue weighted by atomic mass is 9.96. The maximum absolute atomic E-state index is 4.70. The van der Waals surface area contributed by atoms with Gasteiger partial charge in [0.2, 0.25) is 0 Å². The highest BCUT2D eigenvalue weighted by Crippen LogP contribution is 2.20. The molecule has 0 aromatic carbocycles. The van der Waals surface area contributed by atoms with Gasteiger partial charge in [0.25, 0.3) is 0 Å². The van der Waals surface area contributed by atoms with E-state index in [9.17, 15) is 0 Å². The van der Waals surface area contributed by atoms with Crippen molar-refractivity contribution < 1.29 is 0 Å². The molecule has 1 fully saturated rings. The van der Waals surface area contributed by atoms with E-state index in [1.54, 1.807) is 0 Å². The highest BCUT2D eigenvalue weighted by molar-refractivity contribution is 5.60. The van der Waals surface area contributed by atoms with Crippen molar-refractivity contribution in [2.24, 2.45) is 10.9 Å². The van der Waals surface area contributed by atoms with Gasteiger partial charge < -0.3 is 0 Å². The summed E-state index contributed by atoms with van der Waals surface area (Å²) in [4.78, 5) is 4.70. The minimum Gasteiger partial charge on any atom is -0.294 e. The van der Waals surface area contributed by atoms with Gasteiger partial charge in [-0.2, -0.15) is 0 Å². The first kappa shape index (κ1) is 10.7. The number of nitrogens with zero attached hydrogens (tertiary/aromatic N) is 1. The molecule has 1 aliphatic rings. The first-order valence-electron chi connectivity index (χ1n) is 5.90. The molecule has 1 nitrogen and oxygen atoms in total. The van der Waals surface area contributed by atoms with Gasteiger partial charge in [-0.25, -0.2) is 0 Å². The Kier molecular flexibility index (Phi) is 5.10. The predicted molar refractivity (Wildman–Crippen MR) is 59.4 cm³/mol. The Bertz CT molecular complexity index is 141. The quantitative estimate of drug-likeness (QED) is 0.585. The molecule has 0 atom stereocenters. The average molecular weight is 181 g/mol. The van der Waals surface area contributed by atoms with Gasteiger partial charge in [0.15, 0.2) is 0 Å². The maximum atomic E-state index is 4.70. The Hall–Kier alpha value is -0.330. The summed E-state index contributed by atoms with van der Waals surface area (Å²) < 4.78 is 0. The van der Waals surface area contributed by atoms with E-state index in [0.29, 0.717) is 6.04 Å². The van der Waals surface area contributed by atoms with Crippen LogP contribution in [0.15, 0.2) is 4.99 Å². The summed E-state index contributed by atoms with van der Waals surface area (Å²) >= 11 is 0. The summed E-state index contributed by atoms with van der Waals surface area (Å²) in [5.41, 5.74) is 0. The van der Waals surface area contributed by atoms with Gasteiger partial charge in [0.1, 0.15) is 0 Å². The van der Waals surface area contributed by atoms with Crippen molar-refractivity contribution in [3.63, 3.8) is 0 Å². The van der Waals surface area contributed by atoms with E-state index in [-0.39, 0.29) is 0 Å². The third-order valence-corrected chi connectivity index (χ3v) is 3.13. The third-order valence-electron chi connectivity index (χ3n) is 3.13. The lowest BCUT2D eigenvalue weighted by Crippen LogP contribution is -2.11. The molecule has 0 bridgehead atoms. The van der Waals surface area contributed by atoms with E-state index in [4.69, 9.17) is 4.99 Å². The highest BCUT2D eigenvalue weighted by Gasteiger charge is 2.11. The van der Waals surface area contributed by atoms with E-state index >= 15 is 0 Å². The Morgan fingerprint density at radius 1 is 1.15 bits per heavy atom. The molecular formula is C12H23N. The summed E-state index contributed by atoms with van der Waals surface area (Å²) in [6.07, 6.45) is 11.6. The molecule has 0 aromatic heterocycles. The number of aliphatic imine (C=N–C) groups is 1. The maximum Gasteiger partial charge on any atom is 0.0495 e. The number of hydrogen-bond acceptors (Lipinski definition) is 1. The van der Waals surface area contributed by atoms with Gasteiger partial charge in [0.05, 0.1) is 0 Å². The fourth-order valence-electron chi connectivity index (χ4n) is 1.97. The lowest BCUT2D eigenvalue weighted by Gasteiger charge is -2.18. The van der Waals surface area contributed by atoms with Crippen LogP contribution in [0.2, 0.25) is 0 Å². The average Bonchev–Trinajstić information content (AvgIpc) is 2.21. The van der Waals surface area contributed by atoms with Gasteiger partial charge >= 0.3 is 0 Å². The zero-order valence-electron chi connectivity index (χ0n) is 9.13. The first-order valence-corrected chi connectivity index (χ1v) is 5.90. The van der Waals surface area contributed by atoms with Crippen LogP contribution in [-0.4, -0.2) is 12.3 Å². The normalized spacial score (nSPS) is 20.2. The second-order valence-corrected chi connectivity index (χ2v) is 4.17. The molecular weight excluding hydrogens is 158 g/mol. The van der Waals surface area contributed by atoms with Crippen LogP contribution < -0.4 is 0 Å². The van der Waals surface area contributed by atoms with Crippen molar-refractivity contribution in [2.45, 2.75) is 64.8 Å². The minimum absolute atomic E-state index is 0.661. The molecule has 0 aliphatic heterocycles. The zero-order chi connectivity index (χ0) is 9.52. The zero-order valence-corrected chi connectivity index (χ0v) is 9.13. The van der Waals surface area contributed by atoms with Crippen LogP contribution in [0, 0.1) is 5.92 Å². The molecule has 0 amide bonds. The number of hydrogen-bond donors (Lipinski definition) is 0. The molecule has 0 aromatic rings. The molecule has 1 rings (SSSR count). The Morgan fingerprint density at radius 2 is 1.77 bits per heavy atom. The first-order chi connectivity index (χ1) is 6.36. The molecule has 13 heavy (non-hydrogen) atoms. The van der Waals surface area contributed by atoms with Gasteiger partial charge in [-0.15, -0.1) is 0 Å². The van der Waals surface area contributed by atoms with Crippen LogP contribution >= 0.6 is 0 Å². The number of rotatable bonds is 4. The summed E-state index contributed by atoms with van der Waals surface area (Å²) in [5, 5.41) is 0. The van der Waals surface area contributed by atoms with E-state index in [0.717, 1.165) is 5.92 Å². The molecule has 0 radical (unpaired) electrons. The molecule has 0 saturated heterocycles. The van der Waals surface area contributed by atoms with Gasteiger partial charge in [0, 0.05) is 12.3 Å². The van der Waals surface area contributed by atoms with Crippen molar-refractivity contribution >= 4 is 6.21 Å². The van der Waals surface area contributed by atoms with Gasteiger partial charge in [-0.3, -0.25) is 4.99 Å². The van der Waals surface area contributed by atoms with Gasteiger partial charge in [-0.1, -0.05) is 33.1 Å². The summed E-state index contributed by atoms with van der Waals surface area (Å²) in [7, 11) is 0. The standard InChI is InChI=1S/C12H23N/c1-3-11(4-2)10-13-12-8-6-5-7-9-12/h10-12H,3-9H2,1-2H3. The molecule has 0 heterocycles. The summed E-state index contributed by atoms with van der Waals surface area (Å²) in [5.74, 6) is 0.724. The minimum atomic E-state index is 0.661. The second kappa shape index (κ2) is 6.17. The van der Waals surface area contributed by atoms with Crippen molar-refractivity contribution in [2.75, 3.05) is 0 Å². The largest absolute Gasteiger partial charge is 0.294 e. The van der Waals surface area contributed by atoms with E-state index in [2.05, 4.69) is 20.1 Å². The van der Waals surface area contributed by atoms with Crippen molar-refractivity contribution in [1.29, 1.82) is 0 Å². The highest BCUT2D eigenvalue weighted by atomic mass is 14.8. The summed E-state index contributed by atoms with van der Waals surface area (Å²) in [6.45, 7) is 4.50. The predicted octanol–water partition coefficient (Wildman–Crippen LogP) is 3.83. The van der Waals surface area contributed by atoms with Crippen LogP contribution in [0.25, 0.3) is 0 Å². The molecule has 76 valence electrons. The van der Waals surface area contributed by atoms with Crippen LogP contribution in [-0.2, 0) is 0 Å².